The number of carbonyl (C=O) groups is 1. The zero-order valence-electron chi connectivity index (χ0n) is 13.1. The molecule has 1 amide bonds. The summed E-state index contributed by atoms with van der Waals surface area (Å²) in [5.41, 5.74) is 4.79. The van der Waals surface area contributed by atoms with Crippen LogP contribution in [-0.2, 0) is 0 Å². The van der Waals surface area contributed by atoms with E-state index < -0.39 is 0 Å². The fraction of sp³-hybridized carbons (Fsp3) is 0.0526. The van der Waals surface area contributed by atoms with Crippen LogP contribution in [0.3, 0.4) is 0 Å². The average Bonchev–Trinajstić information content (AvgIpc) is 3.19. The van der Waals surface area contributed by atoms with Crippen molar-refractivity contribution in [2.24, 2.45) is 0 Å². The van der Waals surface area contributed by atoms with Gasteiger partial charge in [0, 0.05) is 23.1 Å². The highest BCUT2D eigenvalue weighted by Crippen LogP contribution is 2.37. The number of anilines is 1. The van der Waals surface area contributed by atoms with Gasteiger partial charge in [-0.2, -0.15) is 0 Å². The molecular weight excluding hydrogens is 359 g/mol. The number of halogens is 2. The summed E-state index contributed by atoms with van der Waals surface area (Å²) in [4.78, 5) is 17.1. The van der Waals surface area contributed by atoms with Gasteiger partial charge in [-0.3, -0.25) is 9.78 Å². The molecule has 0 aliphatic heterocycles. The van der Waals surface area contributed by atoms with E-state index in [0.29, 0.717) is 32.5 Å². The molecule has 4 nitrogen and oxygen atoms in total. The van der Waals surface area contributed by atoms with Crippen LogP contribution >= 0.6 is 23.2 Å². The Morgan fingerprint density at radius 1 is 1.04 bits per heavy atom. The van der Waals surface area contributed by atoms with E-state index >= 15 is 0 Å². The van der Waals surface area contributed by atoms with Gasteiger partial charge in [-0.1, -0.05) is 23.2 Å². The molecule has 6 heteroatoms. The van der Waals surface area contributed by atoms with Gasteiger partial charge in [0.2, 0.25) is 0 Å². The van der Waals surface area contributed by atoms with Gasteiger partial charge >= 0.3 is 0 Å². The Balaban J connectivity index is 1.75. The minimum atomic E-state index is -0.266. The maximum Gasteiger partial charge on any atom is 0.260 e. The average molecular weight is 371 g/mol. The zero-order chi connectivity index (χ0) is 17.6. The van der Waals surface area contributed by atoms with Gasteiger partial charge in [0.05, 0.1) is 15.6 Å². The van der Waals surface area contributed by atoms with E-state index in [1.54, 1.807) is 30.5 Å². The molecule has 0 spiro atoms. The molecular formula is C19H12Cl2N2O2. The number of hydrogen-bond donors (Lipinski definition) is 1. The Kier molecular flexibility index (Phi) is 3.86. The fourth-order valence-electron chi connectivity index (χ4n) is 2.83. The second kappa shape index (κ2) is 6.06. The highest BCUT2D eigenvalue weighted by Gasteiger charge is 2.24. The number of pyridine rings is 1. The molecule has 124 valence electrons. The normalized spacial score (nSPS) is 11.2. The molecule has 0 fully saturated rings. The molecule has 0 atom stereocenters. The lowest BCUT2D eigenvalue weighted by Gasteiger charge is -2.09. The summed E-state index contributed by atoms with van der Waals surface area (Å²) in [6.45, 7) is 1.90. The lowest BCUT2D eigenvalue weighted by atomic mass is 9.99. The standard InChI is InChI=1S/C19H12Cl2N2O2/c1-10-8-11(6-7-22-10)17-15-4-5-16(25-15)18(17)19(24)23-12-2-3-13(20)14(21)9-12/h2-9H,1H3,(H,23,24). The largest absolute Gasteiger partial charge is 0.456 e. The van der Waals surface area contributed by atoms with Crippen LogP contribution in [0.4, 0.5) is 5.69 Å². The van der Waals surface area contributed by atoms with Gasteiger partial charge in [-0.15, -0.1) is 0 Å². The maximum atomic E-state index is 12.9. The first-order valence-corrected chi connectivity index (χ1v) is 8.33. The van der Waals surface area contributed by atoms with Crippen molar-refractivity contribution >= 4 is 46.0 Å². The first-order valence-electron chi connectivity index (χ1n) is 7.57. The number of hydrogen-bond acceptors (Lipinski definition) is 3. The van der Waals surface area contributed by atoms with Gasteiger partial charge in [0.1, 0.15) is 11.2 Å². The molecule has 0 unspecified atom stereocenters. The molecule has 25 heavy (non-hydrogen) atoms. The van der Waals surface area contributed by atoms with Crippen molar-refractivity contribution in [1.29, 1.82) is 0 Å². The molecule has 0 aliphatic carbocycles. The van der Waals surface area contributed by atoms with E-state index in [9.17, 15) is 4.79 Å². The van der Waals surface area contributed by atoms with E-state index in [-0.39, 0.29) is 5.91 Å². The zero-order valence-corrected chi connectivity index (χ0v) is 14.7. The quantitative estimate of drug-likeness (QED) is 0.495. The topological polar surface area (TPSA) is 55.1 Å². The summed E-state index contributed by atoms with van der Waals surface area (Å²) < 4.78 is 5.71. The van der Waals surface area contributed by atoms with Crippen molar-refractivity contribution < 1.29 is 9.21 Å². The van der Waals surface area contributed by atoms with E-state index in [2.05, 4.69) is 10.3 Å². The first-order chi connectivity index (χ1) is 12.0. The molecule has 1 N–H and O–H groups in total. The summed E-state index contributed by atoms with van der Waals surface area (Å²) in [6.07, 6.45) is 1.72. The molecule has 4 aromatic rings. The van der Waals surface area contributed by atoms with Gasteiger partial charge < -0.3 is 9.73 Å². The summed E-state index contributed by atoms with van der Waals surface area (Å²) in [5, 5.41) is 3.66. The molecule has 0 aliphatic rings. The van der Waals surface area contributed by atoms with Gasteiger partial charge in [0.25, 0.3) is 5.91 Å². The number of nitrogens with zero attached hydrogens (tertiary/aromatic N) is 1. The molecule has 1 aromatic carbocycles. The number of rotatable bonds is 3. The third-order valence-electron chi connectivity index (χ3n) is 3.94. The number of furan rings is 2. The number of amides is 1. The van der Waals surface area contributed by atoms with Crippen molar-refractivity contribution in [2.75, 3.05) is 5.32 Å². The number of benzene rings is 2. The molecule has 2 bridgehead atoms. The van der Waals surface area contributed by atoms with Crippen LogP contribution in [-0.4, -0.2) is 10.9 Å². The van der Waals surface area contributed by atoms with E-state index in [0.717, 1.165) is 16.8 Å². The van der Waals surface area contributed by atoms with Gasteiger partial charge in [0.15, 0.2) is 0 Å². The Morgan fingerprint density at radius 3 is 2.60 bits per heavy atom. The molecule has 0 saturated carbocycles. The number of fused-ring (bicyclic) bond motifs is 2. The Hall–Kier alpha value is -2.56. The van der Waals surface area contributed by atoms with E-state index in [1.807, 2.05) is 25.1 Å². The van der Waals surface area contributed by atoms with Crippen molar-refractivity contribution in [1.82, 2.24) is 4.98 Å². The van der Waals surface area contributed by atoms with Crippen LogP contribution in [0.15, 0.2) is 53.1 Å². The lowest BCUT2D eigenvalue weighted by Crippen LogP contribution is -2.12. The summed E-state index contributed by atoms with van der Waals surface area (Å²) in [6, 6.07) is 12.4. The second-order valence-electron chi connectivity index (χ2n) is 5.68. The molecule has 3 aromatic heterocycles. The fourth-order valence-corrected chi connectivity index (χ4v) is 3.13. The Labute approximate surface area is 153 Å². The summed E-state index contributed by atoms with van der Waals surface area (Å²) >= 11 is 11.9. The second-order valence-corrected chi connectivity index (χ2v) is 6.50. The third kappa shape index (κ3) is 2.84. The van der Waals surface area contributed by atoms with E-state index in [4.69, 9.17) is 27.6 Å². The van der Waals surface area contributed by atoms with Crippen LogP contribution in [0, 0.1) is 6.92 Å². The number of aryl methyl sites for hydroxylation is 1. The van der Waals surface area contributed by atoms with Crippen LogP contribution in [0.1, 0.15) is 16.1 Å². The SMILES string of the molecule is Cc1cc(-c2c(C(=O)Nc3ccc(Cl)c(Cl)c3)c3ccc2o3)ccn1. The molecule has 3 heterocycles. The van der Waals surface area contributed by atoms with Crippen LogP contribution < -0.4 is 5.32 Å². The Morgan fingerprint density at radius 2 is 1.84 bits per heavy atom. The molecule has 0 saturated heterocycles. The minimum Gasteiger partial charge on any atom is -0.456 e. The highest BCUT2D eigenvalue weighted by molar-refractivity contribution is 6.42. The highest BCUT2D eigenvalue weighted by atomic mass is 35.5. The number of aromatic nitrogens is 1. The maximum absolute atomic E-state index is 12.9. The van der Waals surface area contributed by atoms with Crippen LogP contribution in [0.5, 0.6) is 0 Å². The van der Waals surface area contributed by atoms with Crippen molar-refractivity contribution in [3.63, 3.8) is 0 Å². The smallest absolute Gasteiger partial charge is 0.260 e. The minimum absolute atomic E-state index is 0.266. The van der Waals surface area contributed by atoms with Crippen molar-refractivity contribution in [3.05, 3.63) is 70.0 Å². The third-order valence-corrected chi connectivity index (χ3v) is 4.68. The lowest BCUT2D eigenvalue weighted by molar-refractivity contribution is 0.102. The Bertz CT molecular complexity index is 1090. The van der Waals surface area contributed by atoms with Gasteiger partial charge in [-0.25, -0.2) is 0 Å². The van der Waals surface area contributed by atoms with Crippen molar-refractivity contribution in [3.8, 4) is 11.1 Å². The molecule has 4 rings (SSSR count). The predicted molar refractivity (Wildman–Crippen MR) is 99.8 cm³/mol. The molecule has 0 radical (unpaired) electrons. The summed E-state index contributed by atoms with van der Waals surface area (Å²) in [5.74, 6) is -0.266. The van der Waals surface area contributed by atoms with Crippen LogP contribution in [0.2, 0.25) is 10.0 Å². The summed E-state index contributed by atoms with van der Waals surface area (Å²) in [7, 11) is 0. The predicted octanol–water partition coefficient (Wildman–Crippen LogP) is 5.80. The van der Waals surface area contributed by atoms with E-state index in [1.165, 1.54) is 0 Å². The number of nitrogens with one attached hydrogen (secondary N) is 1. The number of carbonyl (C=O) groups excluding carboxylic acids is 1. The van der Waals surface area contributed by atoms with Gasteiger partial charge in [-0.05, 0) is 55.0 Å². The van der Waals surface area contributed by atoms with Crippen LogP contribution in [0.25, 0.3) is 22.3 Å². The monoisotopic (exact) mass is 370 g/mol. The van der Waals surface area contributed by atoms with Crippen molar-refractivity contribution in [2.45, 2.75) is 6.92 Å². The first kappa shape index (κ1) is 15.9.